The maximum Gasteiger partial charge on any atom is 0.122 e. The maximum atomic E-state index is 5.78. The van der Waals surface area contributed by atoms with Gasteiger partial charge in [0.1, 0.15) is 11.9 Å². The summed E-state index contributed by atoms with van der Waals surface area (Å²) >= 11 is 0. The van der Waals surface area contributed by atoms with E-state index in [4.69, 9.17) is 10.5 Å². The third kappa shape index (κ3) is 0.811. The zero-order valence-corrected chi connectivity index (χ0v) is 7.00. The van der Waals surface area contributed by atoms with Gasteiger partial charge in [-0.1, -0.05) is 18.7 Å². The second kappa shape index (κ2) is 2.27. The summed E-state index contributed by atoms with van der Waals surface area (Å²) in [6.45, 7) is 5.80. The van der Waals surface area contributed by atoms with Crippen molar-refractivity contribution in [3.05, 3.63) is 35.9 Å². The first-order valence-corrected chi connectivity index (χ1v) is 3.94. The molecule has 0 saturated carbocycles. The normalized spacial score (nSPS) is 20.4. The number of ether oxygens (including phenoxy) is 1. The largest absolute Gasteiger partial charge is 0.486 e. The summed E-state index contributed by atoms with van der Waals surface area (Å²) in [7, 11) is 0. The second-order valence-electron chi connectivity index (χ2n) is 2.99. The minimum absolute atomic E-state index is 0.0935. The van der Waals surface area contributed by atoms with Crippen LogP contribution in [-0.2, 0) is 4.74 Å². The first kappa shape index (κ1) is 7.22. The van der Waals surface area contributed by atoms with Gasteiger partial charge in [0.15, 0.2) is 0 Å². The summed E-state index contributed by atoms with van der Waals surface area (Å²) in [5, 5.41) is 0. The predicted octanol–water partition coefficient (Wildman–Crippen LogP) is 2.33. The molecule has 0 fully saturated rings. The van der Waals surface area contributed by atoms with Gasteiger partial charge in [-0.05, 0) is 13.0 Å². The molecule has 12 heavy (non-hydrogen) atoms. The summed E-state index contributed by atoms with van der Waals surface area (Å²) < 4.78 is 5.44. The van der Waals surface area contributed by atoms with Crippen molar-refractivity contribution in [1.29, 1.82) is 0 Å². The molecule has 1 heterocycles. The lowest BCUT2D eigenvalue weighted by atomic mass is 10.0. The predicted molar refractivity (Wildman–Crippen MR) is 49.4 cm³/mol. The fourth-order valence-electron chi connectivity index (χ4n) is 1.59. The fraction of sp³-hybridized carbons (Fsp3) is 0.200. The molecule has 0 amide bonds. The van der Waals surface area contributed by atoms with E-state index in [9.17, 15) is 0 Å². The van der Waals surface area contributed by atoms with E-state index in [-0.39, 0.29) is 6.10 Å². The standard InChI is InChI=1S/C10H11NO/c1-6-8-4-3-5-9(11)10(8)7(2)12-6/h3-6H,2,11H2,1H3. The molecule has 0 bridgehead atoms. The Bertz CT molecular complexity index is 344. The number of nitrogens with two attached hydrogens (primary N) is 1. The van der Waals surface area contributed by atoms with E-state index in [0.717, 1.165) is 16.8 Å². The first-order valence-electron chi connectivity index (χ1n) is 3.94. The van der Waals surface area contributed by atoms with E-state index in [1.54, 1.807) is 0 Å². The maximum absolute atomic E-state index is 5.78. The van der Waals surface area contributed by atoms with Crippen LogP contribution < -0.4 is 5.73 Å². The van der Waals surface area contributed by atoms with Crippen LogP contribution in [0.25, 0.3) is 5.76 Å². The summed E-state index contributed by atoms with van der Waals surface area (Å²) in [6, 6.07) is 5.83. The molecular formula is C10H11NO. The van der Waals surface area contributed by atoms with Gasteiger partial charge < -0.3 is 10.5 Å². The Balaban J connectivity index is 2.67. The van der Waals surface area contributed by atoms with Crippen molar-refractivity contribution in [2.45, 2.75) is 13.0 Å². The van der Waals surface area contributed by atoms with Gasteiger partial charge in [0.05, 0.1) is 0 Å². The summed E-state index contributed by atoms with van der Waals surface area (Å²) in [5.74, 6) is 0.690. The Hall–Kier alpha value is -1.44. The Morgan fingerprint density at radius 2 is 2.25 bits per heavy atom. The number of nitrogen functional groups attached to an aromatic ring is 1. The van der Waals surface area contributed by atoms with Gasteiger partial charge in [-0.25, -0.2) is 0 Å². The molecule has 1 atom stereocenters. The van der Waals surface area contributed by atoms with Crippen molar-refractivity contribution in [3.8, 4) is 0 Å². The number of fused-ring (bicyclic) bond motifs is 1. The number of anilines is 1. The zero-order chi connectivity index (χ0) is 8.72. The molecule has 2 N–H and O–H groups in total. The molecule has 2 rings (SSSR count). The molecule has 1 aliphatic rings. The third-order valence-corrected chi connectivity index (χ3v) is 2.16. The minimum atomic E-state index is 0.0935. The highest BCUT2D eigenvalue weighted by atomic mass is 16.5. The van der Waals surface area contributed by atoms with Gasteiger partial charge in [-0.2, -0.15) is 0 Å². The van der Waals surface area contributed by atoms with Crippen molar-refractivity contribution >= 4 is 11.4 Å². The van der Waals surface area contributed by atoms with E-state index >= 15 is 0 Å². The highest BCUT2D eigenvalue weighted by molar-refractivity contribution is 5.75. The highest BCUT2D eigenvalue weighted by Crippen LogP contribution is 2.39. The first-order chi connectivity index (χ1) is 5.70. The molecule has 1 aliphatic heterocycles. The summed E-state index contributed by atoms with van der Waals surface area (Å²) in [5.41, 5.74) is 8.65. The molecule has 0 spiro atoms. The molecule has 0 radical (unpaired) electrons. The Kier molecular flexibility index (Phi) is 1.37. The monoisotopic (exact) mass is 161 g/mol. The average Bonchev–Trinajstić information content (AvgIpc) is 2.29. The summed E-state index contributed by atoms with van der Waals surface area (Å²) in [4.78, 5) is 0. The van der Waals surface area contributed by atoms with E-state index in [0.29, 0.717) is 5.76 Å². The van der Waals surface area contributed by atoms with Gasteiger partial charge in [-0.3, -0.25) is 0 Å². The van der Waals surface area contributed by atoms with Gasteiger partial charge in [0, 0.05) is 16.8 Å². The Labute approximate surface area is 71.6 Å². The SMILES string of the molecule is C=C1OC(C)c2cccc(N)c21. The molecule has 2 nitrogen and oxygen atoms in total. The van der Waals surface area contributed by atoms with Crippen LogP contribution in [0.5, 0.6) is 0 Å². The van der Waals surface area contributed by atoms with Crippen LogP contribution >= 0.6 is 0 Å². The molecular weight excluding hydrogens is 150 g/mol. The smallest absolute Gasteiger partial charge is 0.122 e. The molecule has 62 valence electrons. The number of hydrogen-bond acceptors (Lipinski definition) is 2. The van der Waals surface area contributed by atoms with Crippen molar-refractivity contribution < 1.29 is 4.74 Å². The van der Waals surface area contributed by atoms with Crippen LogP contribution in [0.2, 0.25) is 0 Å². The van der Waals surface area contributed by atoms with Crippen LogP contribution in [0.3, 0.4) is 0 Å². The van der Waals surface area contributed by atoms with Crippen LogP contribution in [-0.4, -0.2) is 0 Å². The van der Waals surface area contributed by atoms with Crippen molar-refractivity contribution in [3.63, 3.8) is 0 Å². The topological polar surface area (TPSA) is 35.2 Å². The van der Waals surface area contributed by atoms with Gasteiger partial charge in [-0.15, -0.1) is 0 Å². The molecule has 1 aromatic carbocycles. The second-order valence-corrected chi connectivity index (χ2v) is 2.99. The van der Waals surface area contributed by atoms with Gasteiger partial charge >= 0.3 is 0 Å². The Morgan fingerprint density at radius 1 is 1.50 bits per heavy atom. The van der Waals surface area contributed by atoms with Crippen molar-refractivity contribution in [2.24, 2.45) is 0 Å². The zero-order valence-electron chi connectivity index (χ0n) is 7.00. The third-order valence-electron chi connectivity index (χ3n) is 2.16. The summed E-state index contributed by atoms with van der Waals surface area (Å²) in [6.07, 6.45) is 0.0935. The lowest BCUT2D eigenvalue weighted by molar-refractivity contribution is 0.209. The molecule has 1 aromatic rings. The lowest BCUT2D eigenvalue weighted by Gasteiger charge is -2.02. The fourth-order valence-corrected chi connectivity index (χ4v) is 1.59. The average molecular weight is 161 g/mol. The van der Waals surface area contributed by atoms with Crippen LogP contribution in [0, 0.1) is 0 Å². The molecule has 0 aromatic heterocycles. The van der Waals surface area contributed by atoms with Gasteiger partial charge in [0.25, 0.3) is 0 Å². The Morgan fingerprint density at radius 3 is 2.92 bits per heavy atom. The van der Waals surface area contributed by atoms with E-state index < -0.39 is 0 Å². The number of rotatable bonds is 0. The van der Waals surface area contributed by atoms with E-state index in [2.05, 4.69) is 6.58 Å². The van der Waals surface area contributed by atoms with Crippen molar-refractivity contribution in [2.75, 3.05) is 5.73 Å². The lowest BCUT2D eigenvalue weighted by Crippen LogP contribution is -1.92. The van der Waals surface area contributed by atoms with E-state index in [1.165, 1.54) is 0 Å². The number of benzene rings is 1. The van der Waals surface area contributed by atoms with Gasteiger partial charge in [0.2, 0.25) is 0 Å². The number of hydrogen-bond donors (Lipinski definition) is 1. The quantitative estimate of drug-likeness (QED) is 0.593. The van der Waals surface area contributed by atoms with Crippen molar-refractivity contribution in [1.82, 2.24) is 0 Å². The van der Waals surface area contributed by atoms with Crippen LogP contribution in [0.15, 0.2) is 24.8 Å². The molecule has 2 heteroatoms. The minimum Gasteiger partial charge on any atom is -0.486 e. The molecule has 1 unspecified atom stereocenters. The van der Waals surface area contributed by atoms with E-state index in [1.807, 2.05) is 25.1 Å². The highest BCUT2D eigenvalue weighted by Gasteiger charge is 2.24. The van der Waals surface area contributed by atoms with Crippen LogP contribution in [0.4, 0.5) is 5.69 Å². The van der Waals surface area contributed by atoms with Crippen LogP contribution in [0.1, 0.15) is 24.2 Å². The molecule has 0 saturated heterocycles. The molecule has 0 aliphatic carbocycles.